The Balaban J connectivity index is 1.81. The topological polar surface area (TPSA) is 38.1 Å². The predicted molar refractivity (Wildman–Crippen MR) is 88.8 cm³/mol. The van der Waals surface area contributed by atoms with Gasteiger partial charge in [0.05, 0.1) is 11.0 Å². The quantitative estimate of drug-likeness (QED) is 0.868. The molecule has 1 saturated carbocycles. The normalized spacial score (nSPS) is 16.1. The van der Waals surface area contributed by atoms with Crippen molar-refractivity contribution in [2.75, 3.05) is 7.05 Å². The molecule has 0 atom stereocenters. The van der Waals surface area contributed by atoms with Gasteiger partial charge in [0.25, 0.3) is 0 Å². The van der Waals surface area contributed by atoms with Crippen LogP contribution >= 0.6 is 0 Å². The highest BCUT2D eigenvalue weighted by atomic mass is 16.2. The standard InChI is InChI=1S/C18H25N3O/c1-3-17-19-15-11-7-8-12-16(15)21(17)13-18(22)20(2)14-9-5-4-6-10-14/h7-8,11-12,14H,3-6,9-10,13H2,1-2H3. The van der Waals surface area contributed by atoms with E-state index in [0.29, 0.717) is 12.6 Å². The number of imidazole rings is 1. The van der Waals surface area contributed by atoms with Gasteiger partial charge in [0.1, 0.15) is 12.4 Å². The number of likely N-dealkylation sites (N-methyl/N-ethyl adjacent to an activating group) is 1. The summed E-state index contributed by atoms with van der Waals surface area (Å²) in [5.74, 6) is 1.19. The number of carbonyl (C=O) groups excluding carboxylic acids is 1. The maximum atomic E-state index is 12.7. The maximum Gasteiger partial charge on any atom is 0.242 e. The van der Waals surface area contributed by atoms with Crippen LogP contribution < -0.4 is 0 Å². The highest BCUT2D eigenvalue weighted by Gasteiger charge is 2.23. The summed E-state index contributed by atoms with van der Waals surface area (Å²) in [6.45, 7) is 2.49. The summed E-state index contributed by atoms with van der Waals surface area (Å²) in [5, 5.41) is 0. The van der Waals surface area contributed by atoms with Crippen LogP contribution in [0, 0.1) is 0 Å². The lowest BCUT2D eigenvalue weighted by Crippen LogP contribution is -2.40. The first kappa shape index (κ1) is 15.1. The largest absolute Gasteiger partial charge is 0.341 e. The Kier molecular flexibility index (Phi) is 4.46. The van der Waals surface area contributed by atoms with Crippen molar-refractivity contribution in [3.63, 3.8) is 0 Å². The first-order chi connectivity index (χ1) is 10.7. The molecule has 0 N–H and O–H groups in total. The summed E-state index contributed by atoms with van der Waals surface area (Å²) in [4.78, 5) is 19.3. The van der Waals surface area contributed by atoms with Gasteiger partial charge in [0.2, 0.25) is 5.91 Å². The lowest BCUT2D eigenvalue weighted by Gasteiger charge is -2.31. The first-order valence-electron chi connectivity index (χ1n) is 8.40. The number of carbonyl (C=O) groups is 1. The molecule has 22 heavy (non-hydrogen) atoms. The highest BCUT2D eigenvalue weighted by Crippen LogP contribution is 2.22. The van der Waals surface area contributed by atoms with Crippen LogP contribution in [0.1, 0.15) is 44.9 Å². The molecule has 1 aromatic heterocycles. The molecule has 1 amide bonds. The van der Waals surface area contributed by atoms with Crippen molar-refractivity contribution in [3.8, 4) is 0 Å². The third kappa shape index (κ3) is 2.87. The summed E-state index contributed by atoms with van der Waals surface area (Å²) < 4.78 is 2.08. The minimum absolute atomic E-state index is 0.199. The zero-order valence-electron chi connectivity index (χ0n) is 13.6. The van der Waals surface area contributed by atoms with E-state index >= 15 is 0 Å². The van der Waals surface area contributed by atoms with E-state index in [1.54, 1.807) is 0 Å². The molecular weight excluding hydrogens is 274 g/mol. The molecule has 0 saturated heterocycles. The Labute approximate surface area is 132 Å². The molecule has 118 valence electrons. The summed E-state index contributed by atoms with van der Waals surface area (Å²) in [6, 6.07) is 8.49. The van der Waals surface area contributed by atoms with Gasteiger partial charge < -0.3 is 9.47 Å². The van der Waals surface area contributed by atoms with Gasteiger partial charge in [-0.05, 0) is 25.0 Å². The number of para-hydroxylation sites is 2. The number of aromatic nitrogens is 2. The van der Waals surface area contributed by atoms with Crippen LogP contribution in [0.25, 0.3) is 11.0 Å². The van der Waals surface area contributed by atoms with Gasteiger partial charge in [-0.15, -0.1) is 0 Å². The fourth-order valence-electron chi connectivity index (χ4n) is 3.49. The van der Waals surface area contributed by atoms with Crippen LogP contribution in [0.2, 0.25) is 0 Å². The van der Waals surface area contributed by atoms with Crippen LogP contribution in [-0.2, 0) is 17.8 Å². The van der Waals surface area contributed by atoms with Gasteiger partial charge in [0, 0.05) is 19.5 Å². The number of fused-ring (bicyclic) bond motifs is 1. The van der Waals surface area contributed by atoms with Crippen LogP contribution in [0.5, 0.6) is 0 Å². The van der Waals surface area contributed by atoms with E-state index in [2.05, 4.69) is 22.5 Å². The number of rotatable bonds is 4. The monoisotopic (exact) mass is 299 g/mol. The molecule has 0 spiro atoms. The molecule has 1 fully saturated rings. The number of benzene rings is 1. The Hall–Kier alpha value is -1.84. The molecule has 1 aromatic carbocycles. The fourth-order valence-corrected chi connectivity index (χ4v) is 3.49. The number of amides is 1. The smallest absolute Gasteiger partial charge is 0.242 e. The summed E-state index contributed by atoms with van der Waals surface area (Å²) in [6.07, 6.45) is 6.94. The van der Waals surface area contributed by atoms with Crippen molar-refractivity contribution >= 4 is 16.9 Å². The van der Waals surface area contributed by atoms with Gasteiger partial charge in [-0.1, -0.05) is 38.3 Å². The van der Waals surface area contributed by atoms with E-state index < -0.39 is 0 Å². The summed E-state index contributed by atoms with van der Waals surface area (Å²) in [5.41, 5.74) is 2.04. The van der Waals surface area contributed by atoms with Crippen molar-refractivity contribution < 1.29 is 4.79 Å². The third-order valence-electron chi connectivity index (χ3n) is 4.86. The molecule has 1 aliphatic carbocycles. The van der Waals surface area contributed by atoms with Gasteiger partial charge >= 0.3 is 0 Å². The molecular formula is C18H25N3O. The number of hydrogen-bond acceptors (Lipinski definition) is 2. The van der Waals surface area contributed by atoms with Gasteiger partial charge in [0.15, 0.2) is 0 Å². The van der Waals surface area contributed by atoms with Gasteiger partial charge in [-0.3, -0.25) is 4.79 Å². The first-order valence-corrected chi connectivity index (χ1v) is 8.40. The number of nitrogens with zero attached hydrogens (tertiary/aromatic N) is 3. The third-order valence-corrected chi connectivity index (χ3v) is 4.86. The lowest BCUT2D eigenvalue weighted by atomic mass is 9.94. The average molecular weight is 299 g/mol. The Morgan fingerprint density at radius 1 is 1.27 bits per heavy atom. The fraction of sp³-hybridized carbons (Fsp3) is 0.556. The molecule has 0 unspecified atom stereocenters. The molecule has 1 aliphatic rings. The Morgan fingerprint density at radius 3 is 2.73 bits per heavy atom. The molecule has 0 bridgehead atoms. The van der Waals surface area contributed by atoms with Crippen molar-refractivity contribution in [3.05, 3.63) is 30.1 Å². The second-order valence-corrected chi connectivity index (χ2v) is 6.25. The van der Waals surface area contributed by atoms with Crippen LogP contribution in [0.3, 0.4) is 0 Å². The SMILES string of the molecule is CCc1nc2ccccc2n1CC(=O)N(C)C1CCCCC1. The van der Waals surface area contributed by atoms with Gasteiger partial charge in [-0.25, -0.2) is 4.98 Å². The molecule has 4 heteroatoms. The van der Waals surface area contributed by atoms with Crippen LogP contribution in [0.4, 0.5) is 0 Å². The minimum Gasteiger partial charge on any atom is -0.341 e. The Morgan fingerprint density at radius 2 is 2.00 bits per heavy atom. The van der Waals surface area contributed by atoms with Crippen molar-refractivity contribution in [1.29, 1.82) is 0 Å². The van der Waals surface area contributed by atoms with E-state index in [9.17, 15) is 4.79 Å². The summed E-state index contributed by atoms with van der Waals surface area (Å²) in [7, 11) is 1.96. The zero-order valence-corrected chi connectivity index (χ0v) is 13.6. The maximum absolute atomic E-state index is 12.7. The van der Waals surface area contributed by atoms with Crippen LogP contribution in [0.15, 0.2) is 24.3 Å². The molecule has 3 rings (SSSR count). The van der Waals surface area contributed by atoms with Crippen molar-refractivity contribution in [2.45, 2.75) is 58.0 Å². The van der Waals surface area contributed by atoms with E-state index in [1.807, 2.05) is 30.1 Å². The van der Waals surface area contributed by atoms with E-state index in [-0.39, 0.29) is 5.91 Å². The average Bonchev–Trinajstić information content (AvgIpc) is 2.93. The Bertz CT molecular complexity index is 655. The second kappa shape index (κ2) is 6.51. The molecule has 4 nitrogen and oxygen atoms in total. The summed E-state index contributed by atoms with van der Waals surface area (Å²) >= 11 is 0. The van der Waals surface area contributed by atoms with Crippen LogP contribution in [-0.4, -0.2) is 33.4 Å². The number of aryl methyl sites for hydroxylation is 1. The van der Waals surface area contributed by atoms with Crippen molar-refractivity contribution in [1.82, 2.24) is 14.5 Å². The molecule has 2 aromatic rings. The number of hydrogen-bond donors (Lipinski definition) is 0. The van der Waals surface area contributed by atoms with E-state index in [1.165, 1.54) is 19.3 Å². The molecule has 0 radical (unpaired) electrons. The zero-order chi connectivity index (χ0) is 15.5. The van der Waals surface area contributed by atoms with E-state index in [0.717, 1.165) is 36.1 Å². The lowest BCUT2D eigenvalue weighted by molar-refractivity contribution is -0.133. The van der Waals surface area contributed by atoms with Gasteiger partial charge in [-0.2, -0.15) is 0 Å². The molecule has 1 heterocycles. The minimum atomic E-state index is 0.199. The predicted octanol–water partition coefficient (Wildman–Crippen LogP) is 3.39. The second-order valence-electron chi connectivity index (χ2n) is 6.25. The van der Waals surface area contributed by atoms with Crippen molar-refractivity contribution in [2.24, 2.45) is 0 Å². The van der Waals surface area contributed by atoms with E-state index in [4.69, 9.17) is 0 Å². The highest BCUT2D eigenvalue weighted by molar-refractivity contribution is 5.81. The molecule has 0 aliphatic heterocycles.